The monoisotopic (exact) mass is 501 g/mol. The maximum Gasteiger partial charge on any atom is 0.194 e. The molecule has 4 rings (SSSR count). The molecule has 0 bridgehead atoms. The Morgan fingerprint density at radius 3 is 2.71 bits per heavy atom. The van der Waals surface area contributed by atoms with Crippen LogP contribution in [0.2, 0.25) is 0 Å². The molecule has 1 N–H and O–H groups in total. The molecule has 0 radical (unpaired) electrons. The predicted molar refractivity (Wildman–Crippen MR) is 116 cm³/mol. The van der Waals surface area contributed by atoms with Crippen LogP contribution in [0.1, 0.15) is 42.7 Å². The number of guanidine groups is 1. The van der Waals surface area contributed by atoms with E-state index < -0.39 is 11.6 Å². The van der Waals surface area contributed by atoms with E-state index in [4.69, 9.17) is 0 Å². The van der Waals surface area contributed by atoms with Crippen LogP contribution in [-0.4, -0.2) is 46.3 Å². The quantitative estimate of drug-likeness (QED) is 0.396. The molecule has 1 aliphatic carbocycles. The Bertz CT molecular complexity index is 833. The number of likely N-dealkylation sites (tertiary alicyclic amines) is 1. The average Bonchev–Trinajstić information content (AvgIpc) is 3.03. The molecule has 1 aromatic carbocycles. The number of hydrogen-bond acceptors (Lipinski definition) is 2. The molecular weight excluding hydrogens is 475 g/mol. The largest absolute Gasteiger partial charge is 0.353 e. The van der Waals surface area contributed by atoms with Gasteiger partial charge in [0.1, 0.15) is 11.6 Å². The molecule has 3 atom stereocenters. The first-order valence-electron chi connectivity index (χ1n) is 9.55. The lowest BCUT2D eigenvalue weighted by atomic mass is 10.0. The van der Waals surface area contributed by atoms with Crippen molar-refractivity contribution in [3.63, 3.8) is 0 Å². The summed E-state index contributed by atoms with van der Waals surface area (Å²) in [5.74, 6) is 0.215. The Balaban J connectivity index is 0.00000225. The number of aromatic nitrogens is 2. The third-order valence-electron chi connectivity index (χ3n) is 5.47. The third kappa shape index (κ3) is 4.31. The molecule has 2 aliphatic rings. The zero-order valence-electron chi connectivity index (χ0n) is 16.1. The van der Waals surface area contributed by atoms with Gasteiger partial charge in [-0.2, -0.15) is 5.10 Å². The van der Waals surface area contributed by atoms with E-state index in [9.17, 15) is 8.78 Å². The molecule has 1 aliphatic heterocycles. The van der Waals surface area contributed by atoms with Crippen LogP contribution < -0.4 is 5.32 Å². The topological polar surface area (TPSA) is 45.5 Å². The van der Waals surface area contributed by atoms with E-state index in [2.05, 4.69) is 26.5 Å². The highest BCUT2D eigenvalue weighted by molar-refractivity contribution is 14.0. The van der Waals surface area contributed by atoms with Gasteiger partial charge < -0.3 is 10.2 Å². The van der Waals surface area contributed by atoms with Gasteiger partial charge in [0.15, 0.2) is 5.96 Å². The van der Waals surface area contributed by atoms with Crippen molar-refractivity contribution in [2.75, 3.05) is 19.6 Å². The first-order chi connectivity index (χ1) is 13.1. The first kappa shape index (κ1) is 21.0. The molecule has 152 valence electrons. The van der Waals surface area contributed by atoms with Gasteiger partial charge in [-0.25, -0.2) is 8.78 Å². The molecule has 1 saturated heterocycles. The molecule has 28 heavy (non-hydrogen) atoms. The highest BCUT2D eigenvalue weighted by Gasteiger charge is 2.43. The Morgan fingerprint density at radius 2 is 2.07 bits per heavy atom. The molecule has 1 aromatic heterocycles. The van der Waals surface area contributed by atoms with Crippen molar-refractivity contribution in [1.82, 2.24) is 20.0 Å². The maximum absolute atomic E-state index is 14.0. The number of rotatable bonds is 4. The summed E-state index contributed by atoms with van der Waals surface area (Å²) in [4.78, 5) is 6.86. The number of aliphatic imine (C=N–C) groups is 1. The van der Waals surface area contributed by atoms with Crippen LogP contribution in [0.3, 0.4) is 0 Å². The summed E-state index contributed by atoms with van der Waals surface area (Å²) >= 11 is 0. The molecule has 2 heterocycles. The van der Waals surface area contributed by atoms with Crippen molar-refractivity contribution in [2.45, 2.75) is 37.6 Å². The van der Waals surface area contributed by atoms with Crippen LogP contribution in [0.15, 0.2) is 35.6 Å². The summed E-state index contributed by atoms with van der Waals surface area (Å²) in [5, 5.41) is 7.70. The normalized spacial score (nSPS) is 24.2. The van der Waals surface area contributed by atoms with Gasteiger partial charge in [0.2, 0.25) is 0 Å². The van der Waals surface area contributed by atoms with Crippen LogP contribution in [0.5, 0.6) is 0 Å². The molecule has 0 spiro atoms. The number of halogens is 3. The average molecular weight is 501 g/mol. The smallest absolute Gasteiger partial charge is 0.194 e. The second kappa shape index (κ2) is 8.75. The zero-order valence-corrected chi connectivity index (χ0v) is 18.4. The molecule has 0 amide bonds. The lowest BCUT2D eigenvalue weighted by molar-refractivity contribution is 0.482. The molecule has 2 aromatic rings. The van der Waals surface area contributed by atoms with Gasteiger partial charge in [-0.15, -0.1) is 24.0 Å². The molecular formula is C20H26F2IN5. The molecule has 3 unspecified atom stereocenters. The number of aryl methyl sites for hydroxylation is 1. The molecule has 2 fully saturated rings. The highest BCUT2D eigenvalue weighted by Crippen LogP contribution is 2.43. The number of nitrogens with one attached hydrogen (secondary N) is 1. The molecule has 1 saturated carbocycles. The minimum Gasteiger partial charge on any atom is -0.353 e. The van der Waals surface area contributed by atoms with E-state index >= 15 is 0 Å². The van der Waals surface area contributed by atoms with Crippen LogP contribution >= 0.6 is 24.0 Å². The Hall–Kier alpha value is -1.71. The summed E-state index contributed by atoms with van der Waals surface area (Å²) in [6.07, 6.45) is 5.76. The van der Waals surface area contributed by atoms with Gasteiger partial charge >= 0.3 is 0 Å². The van der Waals surface area contributed by atoms with Gasteiger partial charge in [0.25, 0.3) is 0 Å². The van der Waals surface area contributed by atoms with Crippen LogP contribution in [0.25, 0.3) is 0 Å². The first-order valence-corrected chi connectivity index (χ1v) is 9.55. The van der Waals surface area contributed by atoms with Crippen LogP contribution in [0.4, 0.5) is 8.78 Å². The van der Waals surface area contributed by atoms with E-state index in [0.29, 0.717) is 12.5 Å². The van der Waals surface area contributed by atoms with Crippen molar-refractivity contribution in [1.29, 1.82) is 0 Å². The third-order valence-corrected chi connectivity index (χ3v) is 5.47. The van der Waals surface area contributed by atoms with Crippen LogP contribution in [-0.2, 0) is 7.05 Å². The van der Waals surface area contributed by atoms with E-state index in [0.717, 1.165) is 31.9 Å². The predicted octanol–water partition coefficient (Wildman–Crippen LogP) is 3.63. The fraction of sp³-hybridized carbons (Fsp3) is 0.500. The van der Waals surface area contributed by atoms with E-state index in [1.54, 1.807) is 0 Å². The number of hydrogen-bond donors (Lipinski definition) is 1. The van der Waals surface area contributed by atoms with Gasteiger partial charge in [-0.05, 0) is 37.5 Å². The summed E-state index contributed by atoms with van der Waals surface area (Å²) in [6.45, 7) is 4.46. The standard InChI is InChI=1S/C20H25F2N5.HI/c1-3-23-20(27-8-7-13(12-27)14-10-24-26(2)11-14)25-18-9-15(18)19-16(21)5-4-6-17(19)22;/h4-6,10-11,13,15,18H,3,7-9,12H2,1-2H3,(H,23,25);1H. The molecule has 5 nitrogen and oxygen atoms in total. The second-order valence-electron chi connectivity index (χ2n) is 7.41. The van der Waals surface area contributed by atoms with Gasteiger partial charge in [-0.3, -0.25) is 9.67 Å². The molecule has 8 heteroatoms. The number of nitrogens with zero attached hydrogens (tertiary/aromatic N) is 4. The fourth-order valence-corrected chi connectivity index (χ4v) is 3.97. The van der Waals surface area contributed by atoms with Crippen molar-refractivity contribution < 1.29 is 8.78 Å². The summed E-state index contributed by atoms with van der Waals surface area (Å²) in [7, 11) is 1.93. The van der Waals surface area contributed by atoms with E-state index in [-0.39, 0.29) is 41.5 Å². The Morgan fingerprint density at radius 1 is 1.32 bits per heavy atom. The summed E-state index contributed by atoms with van der Waals surface area (Å²) in [6, 6.07) is 4.09. The van der Waals surface area contributed by atoms with Crippen LogP contribution in [0, 0.1) is 11.6 Å². The SMILES string of the molecule is CCN=C(NC1CC1c1c(F)cccc1F)N1CCC(c2cnn(C)c2)C1.I. The minimum atomic E-state index is -0.462. The van der Waals surface area contributed by atoms with Crippen molar-refractivity contribution >= 4 is 29.9 Å². The maximum atomic E-state index is 14.0. The Labute approximate surface area is 181 Å². The zero-order chi connectivity index (χ0) is 19.0. The Kier molecular flexibility index (Phi) is 6.57. The second-order valence-corrected chi connectivity index (χ2v) is 7.41. The van der Waals surface area contributed by atoms with Gasteiger partial charge in [-0.1, -0.05) is 6.07 Å². The minimum absolute atomic E-state index is 0. The lowest BCUT2D eigenvalue weighted by Crippen LogP contribution is -2.41. The van der Waals surface area contributed by atoms with Crippen molar-refractivity contribution in [2.24, 2.45) is 12.0 Å². The van der Waals surface area contributed by atoms with Gasteiger partial charge in [0.05, 0.1) is 6.20 Å². The van der Waals surface area contributed by atoms with E-state index in [1.807, 2.05) is 24.9 Å². The number of benzene rings is 1. The summed E-state index contributed by atoms with van der Waals surface area (Å²) < 4.78 is 29.9. The van der Waals surface area contributed by atoms with E-state index in [1.165, 1.54) is 23.8 Å². The lowest BCUT2D eigenvalue weighted by Gasteiger charge is -2.22. The fourth-order valence-electron chi connectivity index (χ4n) is 3.97. The summed E-state index contributed by atoms with van der Waals surface area (Å²) in [5.41, 5.74) is 1.44. The van der Waals surface area contributed by atoms with Crippen molar-refractivity contribution in [3.8, 4) is 0 Å². The highest BCUT2D eigenvalue weighted by atomic mass is 127. The van der Waals surface area contributed by atoms with Crippen molar-refractivity contribution in [3.05, 3.63) is 53.4 Å². The van der Waals surface area contributed by atoms with Gasteiger partial charge in [0, 0.05) is 56.3 Å².